The zero-order valence-corrected chi connectivity index (χ0v) is 17.5. The average Bonchev–Trinajstić information content (AvgIpc) is 3.39. The summed E-state index contributed by atoms with van der Waals surface area (Å²) in [6, 6.07) is 5.87. The molecule has 0 aliphatic heterocycles. The molecule has 0 fully saturated rings. The molecule has 168 valence electrons. The van der Waals surface area contributed by atoms with Gasteiger partial charge in [-0.3, -0.25) is 21.1 Å². The van der Waals surface area contributed by atoms with E-state index in [1.54, 1.807) is 0 Å². The summed E-state index contributed by atoms with van der Waals surface area (Å²) in [5.74, 6) is -2.06. The van der Waals surface area contributed by atoms with Gasteiger partial charge in [-0.05, 0) is 37.1 Å². The van der Waals surface area contributed by atoms with Crippen LogP contribution in [0.2, 0.25) is 0 Å². The van der Waals surface area contributed by atoms with E-state index < -0.39 is 11.9 Å². The highest BCUT2D eigenvalue weighted by Crippen LogP contribution is 2.04. The number of guanidine groups is 1. The van der Waals surface area contributed by atoms with E-state index in [0.29, 0.717) is 25.9 Å². The number of unbranched alkanes of at least 4 members (excludes halogenated alkanes) is 1. The van der Waals surface area contributed by atoms with Gasteiger partial charge in [-0.1, -0.05) is 0 Å². The zero-order valence-electron chi connectivity index (χ0n) is 16.7. The fourth-order valence-electron chi connectivity index (χ4n) is 2.46. The van der Waals surface area contributed by atoms with Crippen molar-refractivity contribution in [1.82, 2.24) is 20.6 Å². The molecule has 0 atom stereocenters. The fourth-order valence-corrected chi connectivity index (χ4v) is 2.46. The van der Waals surface area contributed by atoms with Crippen LogP contribution < -0.4 is 39.5 Å². The van der Waals surface area contributed by atoms with Gasteiger partial charge < -0.3 is 37.7 Å². The second-order valence-corrected chi connectivity index (χ2v) is 6.19. The molecule has 0 radical (unpaired) electrons. The van der Waals surface area contributed by atoms with Crippen molar-refractivity contribution in [2.75, 3.05) is 20.2 Å². The Morgan fingerprint density at radius 1 is 0.871 bits per heavy atom. The second-order valence-electron chi connectivity index (χ2n) is 6.19. The van der Waals surface area contributed by atoms with Crippen molar-refractivity contribution in [3.63, 3.8) is 0 Å². The predicted molar refractivity (Wildman–Crippen MR) is 106 cm³/mol. The van der Waals surface area contributed by atoms with Crippen LogP contribution in [0.1, 0.15) is 54.8 Å². The molecule has 0 saturated carbocycles. The lowest BCUT2D eigenvalue weighted by Crippen LogP contribution is -3.00. The summed E-state index contributed by atoms with van der Waals surface area (Å²) in [6.45, 7) is 0.777. The second kappa shape index (κ2) is 12.0. The normalized spacial score (nSPS) is 9.84. The molecule has 0 bridgehead atoms. The van der Waals surface area contributed by atoms with Crippen LogP contribution in [0.4, 0.5) is 0 Å². The Labute approximate surface area is 183 Å². The molecule has 2 aromatic heterocycles. The number of hydrogen-bond acceptors (Lipinski definition) is 5. The molecule has 31 heavy (non-hydrogen) atoms. The number of nitrogens with one attached hydrogen (secondary N) is 5. The van der Waals surface area contributed by atoms with Crippen molar-refractivity contribution in [2.45, 2.75) is 12.8 Å². The maximum atomic E-state index is 12.1. The molecular weight excluding hydrogens is 430 g/mol. The fraction of sp³-hybridized carbons (Fsp3) is 0.278. The SMILES string of the molecule is COC(=O)c1ccc(C(=O)NCCCCNC(=O)c2ccc(C(=O)[NH+]=C(N)N)[nH]2)[nH]1.[Cl-]. The van der Waals surface area contributed by atoms with Crippen LogP contribution in [-0.2, 0) is 4.74 Å². The molecule has 3 amide bonds. The van der Waals surface area contributed by atoms with Gasteiger partial charge in [0.25, 0.3) is 11.8 Å². The summed E-state index contributed by atoms with van der Waals surface area (Å²) < 4.78 is 4.56. The summed E-state index contributed by atoms with van der Waals surface area (Å²) in [6.07, 6.45) is 1.25. The minimum Gasteiger partial charge on any atom is -1.00 e. The van der Waals surface area contributed by atoms with E-state index in [-0.39, 0.29) is 53.0 Å². The lowest BCUT2D eigenvalue weighted by molar-refractivity contribution is -0.347. The van der Waals surface area contributed by atoms with Crippen LogP contribution in [0.15, 0.2) is 24.3 Å². The largest absolute Gasteiger partial charge is 1.00 e. The lowest BCUT2D eigenvalue weighted by atomic mass is 10.3. The Bertz CT molecular complexity index is 962. The Morgan fingerprint density at radius 2 is 1.32 bits per heavy atom. The van der Waals surface area contributed by atoms with Gasteiger partial charge in [0.05, 0.1) is 7.11 Å². The highest BCUT2D eigenvalue weighted by molar-refractivity contribution is 5.96. The number of rotatable bonds is 9. The summed E-state index contributed by atoms with van der Waals surface area (Å²) in [7, 11) is 1.25. The molecule has 2 aromatic rings. The van der Waals surface area contributed by atoms with Crippen LogP contribution in [0, 0.1) is 0 Å². The molecule has 0 unspecified atom stereocenters. The van der Waals surface area contributed by atoms with E-state index in [9.17, 15) is 19.2 Å². The maximum absolute atomic E-state index is 12.1. The summed E-state index contributed by atoms with van der Waals surface area (Å²) >= 11 is 0. The molecule has 2 rings (SSSR count). The van der Waals surface area contributed by atoms with Gasteiger partial charge >= 0.3 is 17.8 Å². The van der Waals surface area contributed by atoms with E-state index >= 15 is 0 Å². The van der Waals surface area contributed by atoms with Crippen LogP contribution in [-0.4, -0.2) is 59.8 Å². The molecular formula is C18H24ClN7O5. The van der Waals surface area contributed by atoms with Gasteiger partial charge in [0.1, 0.15) is 22.8 Å². The number of halogens is 1. The monoisotopic (exact) mass is 453 g/mol. The molecule has 0 saturated heterocycles. The third-order valence-corrected chi connectivity index (χ3v) is 3.94. The van der Waals surface area contributed by atoms with Crippen molar-refractivity contribution in [3.8, 4) is 0 Å². The van der Waals surface area contributed by atoms with Crippen molar-refractivity contribution in [1.29, 1.82) is 0 Å². The van der Waals surface area contributed by atoms with Gasteiger partial charge in [0.2, 0.25) is 0 Å². The highest BCUT2D eigenvalue weighted by Gasteiger charge is 2.14. The zero-order chi connectivity index (χ0) is 22.1. The molecule has 12 nitrogen and oxygen atoms in total. The van der Waals surface area contributed by atoms with Crippen molar-refractivity contribution >= 4 is 29.7 Å². The number of nitrogens with two attached hydrogens (primary N) is 2. The van der Waals surface area contributed by atoms with Crippen LogP contribution in [0.5, 0.6) is 0 Å². The number of aromatic amines is 2. The first-order valence-electron chi connectivity index (χ1n) is 9.03. The third kappa shape index (κ3) is 7.51. The Balaban J connectivity index is 0.00000480. The number of hydrogen-bond donors (Lipinski definition) is 7. The number of esters is 1. The predicted octanol–water partition coefficient (Wildman–Crippen LogP) is -5.43. The standard InChI is InChI=1S/C18H23N7O5.ClH/c1-30-17(29)13-7-6-11(24-13)15(27)22-9-3-2-8-21-14(26)10-4-5-12(23-10)16(28)25-18(19)20;/h4-7,23-24H,2-3,8-9H2,1H3,(H,21,26)(H,22,27)(H4,19,20,25,28);1H. The van der Waals surface area contributed by atoms with E-state index in [0.717, 1.165) is 0 Å². The van der Waals surface area contributed by atoms with Gasteiger partial charge in [-0.15, -0.1) is 0 Å². The molecule has 9 N–H and O–H groups in total. The van der Waals surface area contributed by atoms with Gasteiger partial charge in [0, 0.05) is 13.1 Å². The number of carbonyl (C=O) groups is 4. The molecule has 2 heterocycles. The van der Waals surface area contributed by atoms with Gasteiger partial charge in [-0.25, -0.2) is 14.6 Å². The molecule has 0 spiro atoms. The number of H-pyrrole nitrogens is 2. The van der Waals surface area contributed by atoms with Crippen molar-refractivity contribution < 1.29 is 41.3 Å². The number of methoxy groups -OCH3 is 1. The Hall–Kier alpha value is -3.80. The van der Waals surface area contributed by atoms with Gasteiger partial charge in [-0.2, -0.15) is 0 Å². The molecule has 13 heteroatoms. The van der Waals surface area contributed by atoms with Crippen LogP contribution in [0.3, 0.4) is 0 Å². The molecule has 0 aliphatic rings. The number of aromatic nitrogens is 2. The molecule has 0 aromatic carbocycles. The first kappa shape index (κ1) is 25.2. The first-order valence-corrected chi connectivity index (χ1v) is 9.03. The topological polar surface area (TPSA) is 199 Å². The summed E-state index contributed by atoms with van der Waals surface area (Å²) in [4.78, 5) is 54.7. The minimum atomic E-state index is -0.554. The highest BCUT2D eigenvalue weighted by atomic mass is 35.5. The van der Waals surface area contributed by atoms with Crippen LogP contribution in [0.25, 0.3) is 0 Å². The number of carbonyl (C=O) groups excluding carboxylic acids is 4. The molecule has 0 aliphatic carbocycles. The van der Waals surface area contributed by atoms with Crippen LogP contribution >= 0.6 is 0 Å². The van der Waals surface area contributed by atoms with E-state index in [4.69, 9.17) is 11.5 Å². The number of amides is 3. The van der Waals surface area contributed by atoms with Crippen molar-refractivity contribution in [2.24, 2.45) is 11.5 Å². The smallest absolute Gasteiger partial charge is 0.354 e. The quantitative estimate of drug-likeness (QED) is 0.0849. The first-order chi connectivity index (χ1) is 14.3. The lowest BCUT2D eigenvalue weighted by Gasteiger charge is -2.05. The summed E-state index contributed by atoms with van der Waals surface area (Å²) in [5.41, 5.74) is 11.2. The van der Waals surface area contributed by atoms with E-state index in [1.807, 2.05) is 0 Å². The van der Waals surface area contributed by atoms with E-state index in [2.05, 4.69) is 30.3 Å². The number of ether oxygens (including phenoxy) is 1. The van der Waals surface area contributed by atoms with Gasteiger partial charge in [0.15, 0.2) is 0 Å². The minimum absolute atomic E-state index is 0. The Kier molecular flexibility index (Phi) is 9.79. The van der Waals surface area contributed by atoms with Crippen molar-refractivity contribution in [3.05, 3.63) is 47.0 Å². The van der Waals surface area contributed by atoms with E-state index in [1.165, 1.54) is 31.4 Å². The average molecular weight is 454 g/mol. The third-order valence-electron chi connectivity index (χ3n) is 3.94. The maximum Gasteiger partial charge on any atom is 0.354 e. The summed E-state index contributed by atoms with van der Waals surface area (Å²) in [5, 5.41) is 5.42. The Morgan fingerprint density at radius 3 is 1.81 bits per heavy atom.